The third-order valence-corrected chi connectivity index (χ3v) is 5.49. The molecule has 0 atom stereocenters. The molecule has 0 bridgehead atoms. The number of hydrogen-bond acceptors (Lipinski definition) is 8. The molecule has 9 heteroatoms. The van der Waals surface area contributed by atoms with E-state index in [1.807, 2.05) is 80.3 Å². The molecule has 1 aliphatic heterocycles. The molecule has 0 saturated heterocycles. The first kappa shape index (κ1) is 24.7. The van der Waals surface area contributed by atoms with E-state index < -0.39 is 0 Å². The van der Waals surface area contributed by atoms with Crippen LogP contribution in [-0.4, -0.2) is 73.3 Å². The number of hydrogen-bond donors (Lipinski definition) is 1. The van der Waals surface area contributed by atoms with E-state index in [2.05, 4.69) is 32.1 Å². The summed E-state index contributed by atoms with van der Waals surface area (Å²) in [6, 6.07) is 11.4. The number of nitrogens with zero attached hydrogens (tertiary/aromatic N) is 6. The number of aryl methyl sites for hydroxylation is 1. The molecule has 9 nitrogen and oxygen atoms in total. The maximum atomic E-state index is 12.5. The van der Waals surface area contributed by atoms with E-state index in [9.17, 15) is 4.79 Å². The fourth-order valence-corrected chi connectivity index (χ4v) is 3.46. The van der Waals surface area contributed by atoms with Crippen LogP contribution >= 0.6 is 0 Å². The van der Waals surface area contributed by atoms with Crippen LogP contribution in [0.3, 0.4) is 0 Å². The summed E-state index contributed by atoms with van der Waals surface area (Å²) in [5.74, 6) is 7.23. The van der Waals surface area contributed by atoms with Gasteiger partial charge in [-0.3, -0.25) is 9.69 Å². The minimum Gasteiger partial charge on any atom is -0.439 e. The highest BCUT2D eigenvalue weighted by molar-refractivity contribution is 6.06. The number of amides is 1. The molecular weight excluding hydrogens is 454 g/mol. The summed E-state index contributed by atoms with van der Waals surface area (Å²) in [6.07, 6.45) is 5.20. The SMILES string of the molecule is Cc1cc(Nc2ncnc3ccc(N(C)C(=O)C#CCN(C)C)cc23)ccc1OC1=CCN(C)C=N1. The zero-order valence-corrected chi connectivity index (χ0v) is 21.1. The molecule has 0 spiro atoms. The van der Waals surface area contributed by atoms with Crippen LogP contribution in [0.2, 0.25) is 0 Å². The number of carbonyl (C=O) groups is 1. The quantitative estimate of drug-likeness (QED) is 0.538. The zero-order chi connectivity index (χ0) is 25.7. The summed E-state index contributed by atoms with van der Waals surface area (Å²) in [6.45, 7) is 3.25. The minimum atomic E-state index is -0.280. The number of aliphatic imine (C=N–C) groups is 1. The minimum absolute atomic E-state index is 0.280. The predicted molar refractivity (Wildman–Crippen MR) is 144 cm³/mol. The van der Waals surface area contributed by atoms with Gasteiger partial charge in [-0.05, 0) is 75.0 Å². The van der Waals surface area contributed by atoms with E-state index in [0.717, 1.165) is 34.4 Å². The second kappa shape index (κ2) is 10.9. The van der Waals surface area contributed by atoms with Gasteiger partial charge < -0.3 is 19.9 Å². The Morgan fingerprint density at radius 2 is 2.00 bits per heavy atom. The topological polar surface area (TPSA) is 86.2 Å². The van der Waals surface area contributed by atoms with E-state index in [1.165, 1.54) is 11.2 Å². The second-order valence-corrected chi connectivity index (χ2v) is 8.76. The molecule has 1 aliphatic rings. The molecule has 0 unspecified atom stereocenters. The van der Waals surface area contributed by atoms with Crippen LogP contribution in [-0.2, 0) is 4.79 Å². The van der Waals surface area contributed by atoms with Gasteiger partial charge in [0.1, 0.15) is 17.9 Å². The summed E-state index contributed by atoms with van der Waals surface area (Å²) >= 11 is 0. The van der Waals surface area contributed by atoms with E-state index in [0.29, 0.717) is 23.9 Å². The van der Waals surface area contributed by atoms with Crippen molar-refractivity contribution in [1.29, 1.82) is 0 Å². The van der Waals surface area contributed by atoms with Crippen LogP contribution < -0.4 is 15.0 Å². The van der Waals surface area contributed by atoms with Gasteiger partial charge in [-0.15, -0.1) is 0 Å². The fourth-order valence-electron chi connectivity index (χ4n) is 3.46. The smallest absolute Gasteiger partial charge is 0.302 e. The number of benzene rings is 2. The number of aromatic nitrogens is 2. The number of anilines is 3. The molecule has 3 aromatic rings. The highest BCUT2D eigenvalue weighted by Gasteiger charge is 2.13. The molecule has 2 heterocycles. The standard InChI is InChI=1S/C27H29N7O2/c1-19-15-20(8-11-24(19)36-25-12-14-33(4)18-30-25)31-27-22-16-21(9-10-23(22)28-17-29-27)34(5)26(35)7-6-13-32(2)3/h8-12,15-18H,13-14H2,1-5H3,(H,28,29,31). The van der Waals surface area contributed by atoms with Crippen molar-refractivity contribution in [1.82, 2.24) is 19.8 Å². The molecule has 4 rings (SSSR count). The number of ether oxygens (including phenoxy) is 1. The number of carbonyl (C=O) groups excluding carboxylic acids is 1. The monoisotopic (exact) mass is 483 g/mol. The average Bonchev–Trinajstić information content (AvgIpc) is 2.86. The van der Waals surface area contributed by atoms with Gasteiger partial charge in [0.25, 0.3) is 0 Å². The van der Waals surface area contributed by atoms with Crippen molar-refractivity contribution in [2.75, 3.05) is 51.5 Å². The van der Waals surface area contributed by atoms with Gasteiger partial charge in [0.15, 0.2) is 0 Å². The van der Waals surface area contributed by atoms with Crippen LogP contribution in [0.15, 0.2) is 59.7 Å². The molecule has 0 saturated carbocycles. The van der Waals surface area contributed by atoms with Gasteiger partial charge in [0.2, 0.25) is 5.88 Å². The number of rotatable bonds is 6. The van der Waals surface area contributed by atoms with Crippen molar-refractivity contribution in [3.63, 3.8) is 0 Å². The lowest BCUT2D eigenvalue weighted by Gasteiger charge is -2.17. The molecule has 0 aliphatic carbocycles. The highest BCUT2D eigenvalue weighted by Crippen LogP contribution is 2.30. The normalized spacial score (nSPS) is 12.7. The van der Waals surface area contributed by atoms with Gasteiger partial charge in [0.05, 0.1) is 18.4 Å². The van der Waals surface area contributed by atoms with Crippen molar-refractivity contribution in [3.8, 4) is 17.6 Å². The average molecular weight is 484 g/mol. The predicted octanol–water partition coefficient (Wildman–Crippen LogP) is 3.40. The molecule has 1 N–H and O–H groups in total. The van der Waals surface area contributed by atoms with Crippen molar-refractivity contribution < 1.29 is 9.53 Å². The number of nitrogens with one attached hydrogen (secondary N) is 1. The summed E-state index contributed by atoms with van der Waals surface area (Å²) in [7, 11) is 7.48. The van der Waals surface area contributed by atoms with Gasteiger partial charge in [-0.1, -0.05) is 5.92 Å². The van der Waals surface area contributed by atoms with E-state index >= 15 is 0 Å². The van der Waals surface area contributed by atoms with Crippen LogP contribution in [0.4, 0.5) is 17.2 Å². The molecule has 1 amide bonds. The Bertz CT molecular complexity index is 1400. The molecular formula is C27H29N7O2. The van der Waals surface area contributed by atoms with Crippen LogP contribution in [0.5, 0.6) is 5.75 Å². The Kier molecular flexibility index (Phi) is 7.47. The summed E-state index contributed by atoms with van der Waals surface area (Å²) < 4.78 is 5.95. The van der Waals surface area contributed by atoms with Crippen LogP contribution in [0, 0.1) is 18.8 Å². The Morgan fingerprint density at radius 3 is 2.72 bits per heavy atom. The van der Waals surface area contributed by atoms with Gasteiger partial charge in [0, 0.05) is 37.4 Å². The Morgan fingerprint density at radius 1 is 1.17 bits per heavy atom. The largest absolute Gasteiger partial charge is 0.439 e. The lowest BCUT2D eigenvalue weighted by atomic mass is 10.1. The van der Waals surface area contributed by atoms with Crippen molar-refractivity contribution >= 4 is 40.3 Å². The Labute approximate surface area is 211 Å². The fraction of sp³-hybridized carbons (Fsp3) is 0.259. The van der Waals surface area contributed by atoms with Crippen LogP contribution in [0.1, 0.15) is 5.56 Å². The first-order valence-corrected chi connectivity index (χ1v) is 11.5. The summed E-state index contributed by atoms with van der Waals surface area (Å²) in [5, 5.41) is 4.16. The van der Waals surface area contributed by atoms with Crippen molar-refractivity contribution in [2.45, 2.75) is 6.92 Å². The van der Waals surface area contributed by atoms with E-state index in [-0.39, 0.29) is 5.91 Å². The second-order valence-electron chi connectivity index (χ2n) is 8.76. The van der Waals surface area contributed by atoms with E-state index in [1.54, 1.807) is 13.4 Å². The number of likely N-dealkylation sites (N-methyl/N-ethyl adjacent to an activating group) is 1. The molecule has 184 valence electrons. The van der Waals surface area contributed by atoms with Gasteiger partial charge >= 0.3 is 5.91 Å². The maximum Gasteiger partial charge on any atom is 0.302 e. The molecule has 1 aromatic heterocycles. The number of fused-ring (bicyclic) bond motifs is 1. The third kappa shape index (κ3) is 5.98. The first-order chi connectivity index (χ1) is 17.3. The molecule has 0 radical (unpaired) electrons. The molecule has 2 aromatic carbocycles. The first-order valence-electron chi connectivity index (χ1n) is 11.5. The Balaban J connectivity index is 1.54. The van der Waals surface area contributed by atoms with Crippen molar-refractivity contribution in [2.24, 2.45) is 4.99 Å². The summed E-state index contributed by atoms with van der Waals surface area (Å²) in [5.41, 5.74) is 3.27. The van der Waals surface area contributed by atoms with Gasteiger partial charge in [-0.2, -0.15) is 0 Å². The maximum absolute atomic E-state index is 12.5. The molecule has 36 heavy (non-hydrogen) atoms. The lowest BCUT2D eigenvalue weighted by molar-refractivity contribution is -0.113. The van der Waals surface area contributed by atoms with E-state index in [4.69, 9.17) is 4.74 Å². The third-order valence-electron chi connectivity index (χ3n) is 5.49. The highest BCUT2D eigenvalue weighted by atomic mass is 16.5. The van der Waals surface area contributed by atoms with Crippen LogP contribution in [0.25, 0.3) is 10.9 Å². The zero-order valence-electron chi connectivity index (χ0n) is 21.1. The van der Waals surface area contributed by atoms with Crippen molar-refractivity contribution in [3.05, 3.63) is 60.2 Å². The lowest BCUT2D eigenvalue weighted by Crippen LogP contribution is -2.24. The summed E-state index contributed by atoms with van der Waals surface area (Å²) in [4.78, 5) is 31.0. The molecule has 0 fully saturated rings. The van der Waals surface area contributed by atoms with Gasteiger partial charge in [-0.25, -0.2) is 15.0 Å². The Hall–Kier alpha value is -4.42.